The van der Waals surface area contributed by atoms with Gasteiger partial charge in [-0.2, -0.15) is 0 Å². The third-order valence-corrected chi connectivity index (χ3v) is 12.6. The number of hydrogen-bond donors (Lipinski definition) is 0. The molecule has 58 heavy (non-hydrogen) atoms. The molecule has 0 saturated heterocycles. The highest BCUT2D eigenvalue weighted by atomic mass is 127. The van der Waals surface area contributed by atoms with E-state index in [1.165, 1.54) is 51.3 Å². The van der Waals surface area contributed by atoms with Crippen LogP contribution in [-0.2, 0) is 38.1 Å². The molecule has 10 atom stereocenters. The number of ether oxygens (including phenoxy) is 4. The Morgan fingerprint density at radius 2 is 0.879 bits per heavy atom. The fraction of sp³-hybridized carbons (Fsp3) is 0.913. The second-order valence-corrected chi connectivity index (χ2v) is 20.7. The van der Waals surface area contributed by atoms with Crippen molar-refractivity contribution in [1.82, 2.24) is 0 Å². The Morgan fingerprint density at radius 1 is 0.517 bits per heavy atom. The molecular weight excluding hydrogens is 1010 g/mol. The Kier molecular flexibility index (Phi) is 33.7. The average molecular weight is 1090 g/mol. The van der Waals surface area contributed by atoms with Gasteiger partial charge in [-0.05, 0) is 148 Å². The van der Waals surface area contributed by atoms with Crippen molar-refractivity contribution >= 4 is 92.3 Å². The molecule has 0 bridgehead atoms. The predicted octanol–water partition coefficient (Wildman–Crippen LogP) is 13.6. The van der Waals surface area contributed by atoms with Crippen LogP contribution in [0, 0.1) is 47.3 Å². The van der Waals surface area contributed by atoms with E-state index in [1.807, 2.05) is 60.3 Å². The second kappa shape index (κ2) is 32.6. The van der Waals surface area contributed by atoms with E-state index in [9.17, 15) is 19.2 Å². The summed E-state index contributed by atoms with van der Waals surface area (Å²) < 4.78 is 21.5. The summed E-state index contributed by atoms with van der Waals surface area (Å²) in [6.45, 7) is 24.8. The van der Waals surface area contributed by atoms with Gasteiger partial charge in [0.15, 0.2) is 0 Å². The molecule has 4 aliphatic carbocycles. The maximum atomic E-state index is 11.9. The van der Waals surface area contributed by atoms with Crippen molar-refractivity contribution in [2.75, 3.05) is 24.5 Å². The van der Waals surface area contributed by atoms with Crippen molar-refractivity contribution in [1.29, 1.82) is 0 Å². The monoisotopic (exact) mass is 1090 g/mol. The molecule has 4 aliphatic rings. The van der Waals surface area contributed by atoms with Gasteiger partial charge in [-0.1, -0.05) is 98.6 Å². The first-order chi connectivity index (χ1) is 27.1. The molecule has 0 amide bonds. The number of esters is 4. The van der Waals surface area contributed by atoms with Crippen LogP contribution < -0.4 is 0 Å². The number of carbonyl (C=O) groups is 4. The van der Waals surface area contributed by atoms with E-state index in [0.717, 1.165) is 44.9 Å². The molecule has 0 aromatic heterocycles. The van der Waals surface area contributed by atoms with Crippen LogP contribution >= 0.6 is 68.4 Å². The standard InChI is InChI=1S/C12H21ClO2.C12H22O2.C10H17IO2.C10H18O2.CH3Cl.CH3I/c1-8-7-9(13)5-6-10(8)11(14)15-12(2,3)4;1-9-7-5-6-8-10(9)11(13)14-12(2,3)4;1-3-13-10(12)9-6-8(11)5-4-7(9)2;1-3-12-10(11)9-7-5-4-6-8(9)2;2*1-2/h8-10H,5-7H2,1-4H3;9-10H,5-8H2,1-4H3;7-9H,3-6H2,1-2H3;8-9H,3-7H2,1-2H3;2*1H3/t8-,9+,10-;;7-,8-,9-;;;/m1.1.../s1. The summed E-state index contributed by atoms with van der Waals surface area (Å²) in [6.07, 6.45) is 16.9. The number of rotatable bonds is 6. The minimum atomic E-state index is -0.380. The Hall–Kier alpha value is -0.0800. The molecule has 4 saturated carbocycles. The zero-order valence-electron chi connectivity index (χ0n) is 38.9. The number of halogens is 4. The van der Waals surface area contributed by atoms with Gasteiger partial charge in [0, 0.05) is 15.7 Å². The number of alkyl halides is 4. The van der Waals surface area contributed by atoms with E-state index in [2.05, 4.69) is 84.5 Å². The molecule has 0 heterocycles. The molecular formula is C46H84Cl2I2O8. The van der Waals surface area contributed by atoms with E-state index in [-0.39, 0.29) is 64.1 Å². The van der Waals surface area contributed by atoms with Crippen molar-refractivity contribution in [3.63, 3.8) is 0 Å². The second-order valence-electron chi connectivity index (χ2n) is 18.3. The van der Waals surface area contributed by atoms with Crippen molar-refractivity contribution < 1.29 is 38.1 Å². The van der Waals surface area contributed by atoms with E-state index in [1.54, 1.807) is 0 Å². The fourth-order valence-electron chi connectivity index (χ4n) is 7.87. The molecule has 344 valence electrons. The molecule has 0 spiro atoms. The van der Waals surface area contributed by atoms with Crippen LogP contribution in [0.3, 0.4) is 0 Å². The summed E-state index contributed by atoms with van der Waals surface area (Å²) in [6, 6.07) is 0. The molecule has 0 aromatic carbocycles. The maximum absolute atomic E-state index is 11.9. The first kappa shape index (κ1) is 60.0. The summed E-state index contributed by atoms with van der Waals surface area (Å²) in [5.41, 5.74) is -0.719. The van der Waals surface area contributed by atoms with Gasteiger partial charge in [0.1, 0.15) is 11.2 Å². The highest BCUT2D eigenvalue weighted by Crippen LogP contribution is 2.36. The van der Waals surface area contributed by atoms with E-state index < -0.39 is 0 Å². The third-order valence-electron chi connectivity index (χ3n) is 11.1. The zero-order valence-corrected chi connectivity index (χ0v) is 44.7. The van der Waals surface area contributed by atoms with Crippen LogP contribution in [0.2, 0.25) is 0 Å². The first-order valence-corrected chi connectivity index (χ1v) is 26.5. The molecule has 8 nitrogen and oxygen atoms in total. The average Bonchev–Trinajstić information content (AvgIpc) is 3.14. The Balaban J connectivity index is 0. The lowest BCUT2D eigenvalue weighted by atomic mass is 9.80. The molecule has 0 aliphatic heterocycles. The van der Waals surface area contributed by atoms with E-state index >= 15 is 0 Å². The summed E-state index contributed by atoms with van der Waals surface area (Å²) in [5.74, 6) is 2.36. The van der Waals surface area contributed by atoms with Crippen LogP contribution in [0.25, 0.3) is 0 Å². The largest absolute Gasteiger partial charge is 0.466 e. The molecule has 0 N–H and O–H groups in total. The molecule has 4 unspecified atom stereocenters. The highest BCUT2D eigenvalue weighted by Gasteiger charge is 2.35. The number of hydrogen-bond acceptors (Lipinski definition) is 8. The van der Waals surface area contributed by atoms with E-state index in [4.69, 9.17) is 30.5 Å². The Bertz CT molecular complexity index is 1130. The van der Waals surface area contributed by atoms with Gasteiger partial charge in [0.05, 0.1) is 36.9 Å². The highest BCUT2D eigenvalue weighted by molar-refractivity contribution is 14.1. The van der Waals surface area contributed by atoms with Crippen molar-refractivity contribution in [3.8, 4) is 0 Å². The van der Waals surface area contributed by atoms with Gasteiger partial charge in [-0.25, -0.2) is 0 Å². The summed E-state index contributed by atoms with van der Waals surface area (Å²) in [5, 5.41) is 0.235. The lowest BCUT2D eigenvalue weighted by Gasteiger charge is -2.32. The Labute approximate surface area is 392 Å². The molecule has 0 aromatic rings. The molecule has 4 rings (SSSR count). The van der Waals surface area contributed by atoms with Crippen LogP contribution in [0.4, 0.5) is 0 Å². The van der Waals surface area contributed by atoms with Gasteiger partial charge in [-0.3, -0.25) is 19.2 Å². The smallest absolute Gasteiger partial charge is 0.309 e. The van der Waals surface area contributed by atoms with Gasteiger partial charge >= 0.3 is 23.9 Å². The fourth-order valence-corrected chi connectivity index (χ4v) is 9.18. The summed E-state index contributed by atoms with van der Waals surface area (Å²) in [7, 11) is 0. The quantitative estimate of drug-likeness (QED) is 0.112. The van der Waals surface area contributed by atoms with E-state index in [0.29, 0.717) is 40.8 Å². The van der Waals surface area contributed by atoms with Gasteiger partial charge in [0.2, 0.25) is 0 Å². The van der Waals surface area contributed by atoms with Crippen molar-refractivity contribution in [3.05, 3.63) is 0 Å². The van der Waals surface area contributed by atoms with Gasteiger partial charge < -0.3 is 18.9 Å². The molecule has 4 fully saturated rings. The SMILES string of the molecule is CC1CCCCC1C(=O)OC(C)(C)C.CCOC(=O)C1CCCCC1C.CCOC(=O)[C@@H]1C[C@H](I)CC[C@H]1C.CCl.CI.C[C@@H]1C[C@@H](Cl)CC[C@H]1C(=O)OC(C)(C)C. The molecule has 0 radical (unpaired) electrons. The van der Waals surface area contributed by atoms with Crippen LogP contribution in [0.1, 0.15) is 173 Å². The van der Waals surface area contributed by atoms with Crippen LogP contribution in [0.5, 0.6) is 0 Å². The topological polar surface area (TPSA) is 105 Å². The minimum absolute atomic E-state index is 0.00435. The Morgan fingerprint density at radius 3 is 1.26 bits per heavy atom. The van der Waals surface area contributed by atoms with Gasteiger partial charge in [-0.15, -0.1) is 23.2 Å². The lowest BCUT2D eigenvalue weighted by Crippen LogP contribution is -2.35. The lowest BCUT2D eigenvalue weighted by molar-refractivity contribution is -0.164. The summed E-state index contributed by atoms with van der Waals surface area (Å²) >= 11 is 15.3. The molecule has 12 heteroatoms. The zero-order chi connectivity index (χ0) is 45.2. The minimum Gasteiger partial charge on any atom is -0.466 e. The predicted molar refractivity (Wildman–Crippen MR) is 259 cm³/mol. The third kappa shape index (κ3) is 26.4. The van der Waals surface area contributed by atoms with Gasteiger partial charge in [0.25, 0.3) is 0 Å². The summed E-state index contributed by atoms with van der Waals surface area (Å²) in [4.78, 5) is 48.6. The van der Waals surface area contributed by atoms with Crippen LogP contribution in [-0.4, -0.2) is 68.9 Å². The van der Waals surface area contributed by atoms with Crippen molar-refractivity contribution in [2.45, 2.75) is 193 Å². The normalized spacial score (nSPS) is 29.3. The maximum Gasteiger partial charge on any atom is 0.309 e. The number of carbonyl (C=O) groups excluding carboxylic acids is 4. The van der Waals surface area contributed by atoms with Crippen molar-refractivity contribution in [2.24, 2.45) is 47.3 Å². The van der Waals surface area contributed by atoms with Crippen LogP contribution in [0.15, 0.2) is 0 Å². The first-order valence-electron chi connectivity index (χ1n) is 21.9.